The number of para-hydroxylation sites is 2. The van der Waals surface area contributed by atoms with Crippen molar-refractivity contribution in [2.45, 2.75) is 39.2 Å². The van der Waals surface area contributed by atoms with Crippen LogP contribution in [-0.4, -0.2) is 17.0 Å². The molecule has 3 aromatic rings. The van der Waals surface area contributed by atoms with Gasteiger partial charge in [-0.2, -0.15) is 0 Å². The predicted molar refractivity (Wildman–Crippen MR) is 105 cm³/mol. The van der Waals surface area contributed by atoms with Gasteiger partial charge in [0.2, 0.25) is 5.91 Å². The van der Waals surface area contributed by atoms with Crippen LogP contribution in [0, 0.1) is 11.7 Å². The number of carbonyl (C=O) groups excluding carboxylic acids is 1. The molecule has 0 radical (unpaired) electrons. The number of anilines is 1. The minimum atomic E-state index is -0.254. The molecule has 0 aliphatic heterocycles. The van der Waals surface area contributed by atoms with Crippen LogP contribution in [0.25, 0.3) is 10.9 Å². The van der Waals surface area contributed by atoms with Crippen molar-refractivity contribution >= 4 is 22.5 Å². The first-order chi connectivity index (χ1) is 13.0. The van der Waals surface area contributed by atoms with E-state index in [0.717, 1.165) is 35.0 Å². The number of benzene rings is 2. The van der Waals surface area contributed by atoms with Crippen molar-refractivity contribution < 1.29 is 13.9 Å². The highest BCUT2D eigenvalue weighted by Crippen LogP contribution is 2.33. The maximum Gasteiger partial charge on any atom is 0.227 e. The van der Waals surface area contributed by atoms with Gasteiger partial charge in [-0.3, -0.25) is 4.79 Å². The number of halogens is 1. The smallest absolute Gasteiger partial charge is 0.227 e. The Labute approximate surface area is 157 Å². The lowest BCUT2D eigenvalue weighted by Crippen LogP contribution is -2.28. The van der Waals surface area contributed by atoms with E-state index in [-0.39, 0.29) is 23.7 Å². The SMILES string of the molecule is CC(C)Oc1ccccc1NC(=O)C1CCc2[nH]c3ccc(F)cc3c2C1. The van der Waals surface area contributed by atoms with Crippen LogP contribution in [-0.2, 0) is 17.6 Å². The summed E-state index contributed by atoms with van der Waals surface area (Å²) >= 11 is 0. The lowest BCUT2D eigenvalue weighted by Gasteiger charge is -2.23. The first kappa shape index (κ1) is 17.6. The van der Waals surface area contributed by atoms with Crippen molar-refractivity contribution in [2.24, 2.45) is 5.92 Å². The molecule has 1 unspecified atom stereocenters. The second-order valence-electron chi connectivity index (χ2n) is 7.36. The van der Waals surface area contributed by atoms with Gasteiger partial charge in [-0.1, -0.05) is 12.1 Å². The lowest BCUT2D eigenvalue weighted by molar-refractivity contribution is -0.120. The van der Waals surface area contributed by atoms with Crippen LogP contribution >= 0.6 is 0 Å². The number of nitrogens with one attached hydrogen (secondary N) is 2. The summed E-state index contributed by atoms with van der Waals surface area (Å²) in [6.07, 6.45) is 2.19. The Balaban J connectivity index is 1.55. The molecule has 0 saturated carbocycles. The number of aromatic amines is 1. The average molecular weight is 366 g/mol. The van der Waals surface area contributed by atoms with Gasteiger partial charge in [0.25, 0.3) is 0 Å². The summed E-state index contributed by atoms with van der Waals surface area (Å²) in [5.74, 6) is 0.250. The second kappa shape index (κ2) is 7.06. The molecular formula is C22H23FN2O2. The average Bonchev–Trinajstić information content (AvgIpc) is 3.00. The van der Waals surface area contributed by atoms with E-state index in [1.54, 1.807) is 12.1 Å². The summed E-state index contributed by atoms with van der Waals surface area (Å²) in [5, 5.41) is 3.90. The molecule has 4 rings (SSSR count). The molecule has 1 atom stereocenters. The zero-order valence-electron chi connectivity index (χ0n) is 15.5. The van der Waals surface area contributed by atoms with E-state index in [1.165, 1.54) is 6.07 Å². The topological polar surface area (TPSA) is 54.1 Å². The zero-order chi connectivity index (χ0) is 19.0. The maximum atomic E-state index is 13.7. The van der Waals surface area contributed by atoms with E-state index in [0.29, 0.717) is 17.9 Å². The molecule has 1 aromatic heterocycles. The summed E-state index contributed by atoms with van der Waals surface area (Å²) in [4.78, 5) is 16.3. The largest absolute Gasteiger partial charge is 0.489 e. The minimum absolute atomic E-state index is 0.0220. The summed E-state index contributed by atoms with van der Waals surface area (Å²) in [7, 11) is 0. The zero-order valence-corrected chi connectivity index (χ0v) is 15.5. The fourth-order valence-corrected chi connectivity index (χ4v) is 3.77. The standard InChI is InChI=1S/C22H23FN2O2/c1-13(2)27-21-6-4-3-5-20(21)25-22(26)14-7-9-18-16(11-14)17-12-15(23)8-10-19(17)24-18/h3-6,8,10,12-14,24H,7,9,11H2,1-2H3,(H,25,26). The van der Waals surface area contributed by atoms with Gasteiger partial charge in [0.1, 0.15) is 11.6 Å². The van der Waals surface area contributed by atoms with Crippen LogP contribution in [0.1, 0.15) is 31.5 Å². The van der Waals surface area contributed by atoms with Gasteiger partial charge in [-0.25, -0.2) is 4.39 Å². The fraction of sp³-hybridized carbons (Fsp3) is 0.318. The number of H-pyrrole nitrogens is 1. The molecule has 0 saturated heterocycles. The highest BCUT2D eigenvalue weighted by Gasteiger charge is 2.28. The Morgan fingerprint density at radius 2 is 2.07 bits per heavy atom. The van der Waals surface area contributed by atoms with Crippen LogP contribution in [0.15, 0.2) is 42.5 Å². The second-order valence-corrected chi connectivity index (χ2v) is 7.36. The van der Waals surface area contributed by atoms with Crippen molar-refractivity contribution in [3.8, 4) is 5.75 Å². The molecule has 2 aromatic carbocycles. The van der Waals surface area contributed by atoms with Crippen LogP contribution in [0.3, 0.4) is 0 Å². The molecule has 2 N–H and O–H groups in total. The minimum Gasteiger partial charge on any atom is -0.489 e. The number of fused-ring (bicyclic) bond motifs is 3. The van der Waals surface area contributed by atoms with Crippen LogP contribution in [0.4, 0.5) is 10.1 Å². The van der Waals surface area contributed by atoms with E-state index < -0.39 is 0 Å². The number of ether oxygens (including phenoxy) is 1. The Morgan fingerprint density at radius 3 is 2.89 bits per heavy atom. The van der Waals surface area contributed by atoms with Crippen molar-refractivity contribution in [1.29, 1.82) is 0 Å². The van der Waals surface area contributed by atoms with Gasteiger partial charge >= 0.3 is 0 Å². The van der Waals surface area contributed by atoms with Gasteiger partial charge < -0.3 is 15.0 Å². The summed E-state index contributed by atoms with van der Waals surface area (Å²) in [5.41, 5.74) is 3.79. The van der Waals surface area contributed by atoms with E-state index in [2.05, 4.69) is 10.3 Å². The molecule has 0 spiro atoms. The molecular weight excluding hydrogens is 343 g/mol. The van der Waals surface area contributed by atoms with Gasteiger partial charge in [0.15, 0.2) is 0 Å². The van der Waals surface area contributed by atoms with Crippen LogP contribution in [0.5, 0.6) is 5.75 Å². The Kier molecular flexibility index (Phi) is 4.60. The Hall–Kier alpha value is -2.82. The first-order valence-electron chi connectivity index (χ1n) is 9.37. The number of aryl methyl sites for hydroxylation is 1. The Morgan fingerprint density at radius 1 is 1.26 bits per heavy atom. The molecule has 0 fully saturated rings. The van der Waals surface area contributed by atoms with Crippen molar-refractivity contribution in [3.63, 3.8) is 0 Å². The summed E-state index contributed by atoms with van der Waals surface area (Å²) < 4.78 is 19.5. The first-order valence-corrected chi connectivity index (χ1v) is 9.37. The van der Waals surface area contributed by atoms with Crippen molar-refractivity contribution in [3.05, 3.63) is 59.5 Å². The molecule has 140 valence electrons. The van der Waals surface area contributed by atoms with Crippen molar-refractivity contribution in [2.75, 3.05) is 5.32 Å². The number of amides is 1. The van der Waals surface area contributed by atoms with E-state index in [4.69, 9.17) is 4.74 Å². The molecule has 1 aliphatic rings. The summed E-state index contributed by atoms with van der Waals surface area (Å²) in [6, 6.07) is 12.3. The normalized spacial score (nSPS) is 16.4. The van der Waals surface area contributed by atoms with Gasteiger partial charge in [-0.05, 0) is 69.0 Å². The highest BCUT2D eigenvalue weighted by atomic mass is 19.1. The molecule has 0 bridgehead atoms. The monoisotopic (exact) mass is 366 g/mol. The number of carbonyl (C=O) groups is 1. The Bertz CT molecular complexity index is 993. The number of rotatable bonds is 4. The molecule has 27 heavy (non-hydrogen) atoms. The van der Waals surface area contributed by atoms with E-state index in [1.807, 2.05) is 38.1 Å². The fourth-order valence-electron chi connectivity index (χ4n) is 3.77. The lowest BCUT2D eigenvalue weighted by atomic mass is 9.85. The number of hydrogen-bond donors (Lipinski definition) is 2. The third-order valence-electron chi connectivity index (χ3n) is 5.03. The maximum absolute atomic E-state index is 13.7. The third-order valence-corrected chi connectivity index (χ3v) is 5.03. The molecule has 5 heteroatoms. The van der Waals surface area contributed by atoms with Crippen LogP contribution in [0.2, 0.25) is 0 Å². The van der Waals surface area contributed by atoms with E-state index >= 15 is 0 Å². The molecule has 1 heterocycles. The molecule has 1 amide bonds. The van der Waals surface area contributed by atoms with Crippen molar-refractivity contribution in [1.82, 2.24) is 4.98 Å². The van der Waals surface area contributed by atoms with E-state index in [9.17, 15) is 9.18 Å². The van der Waals surface area contributed by atoms with Gasteiger partial charge in [0, 0.05) is 22.5 Å². The number of hydrogen-bond acceptors (Lipinski definition) is 2. The summed E-state index contributed by atoms with van der Waals surface area (Å²) in [6.45, 7) is 3.91. The molecule has 1 aliphatic carbocycles. The molecule has 4 nitrogen and oxygen atoms in total. The number of aromatic nitrogens is 1. The quantitative estimate of drug-likeness (QED) is 0.694. The van der Waals surface area contributed by atoms with Crippen LogP contribution < -0.4 is 10.1 Å². The van der Waals surface area contributed by atoms with Gasteiger partial charge in [-0.15, -0.1) is 0 Å². The van der Waals surface area contributed by atoms with Gasteiger partial charge in [0.05, 0.1) is 11.8 Å². The highest BCUT2D eigenvalue weighted by molar-refractivity contribution is 5.95. The third kappa shape index (κ3) is 3.54. The predicted octanol–water partition coefficient (Wildman–Crippen LogP) is 4.84.